The highest BCUT2D eigenvalue weighted by molar-refractivity contribution is 5.97. The van der Waals surface area contributed by atoms with Gasteiger partial charge in [-0.05, 0) is 49.1 Å². The van der Waals surface area contributed by atoms with Gasteiger partial charge in [-0.1, -0.05) is 94.8 Å². The minimum atomic E-state index is -1.16. The standard InChI is InChI=1S/C40H53N5O7/c1-5-25(3)33-37(48)41-29(23-27-15-9-7-10-16-27)35(46)42-30(24-28-17-11-8-12-18-28)38(49)45-22-14-20-32(45)40(51)52-34(26(4)6-2)39(50)44-21-13-19-31(44)36(47)43-33/h7-12,15-18,25-26,29-34H,5-6,13-14,19-24H2,1-4H3,(H,41,48)(H,42,46)(H,43,47)/t25-,26-,29-,30-,31+,32+,33+,34+/m1/s1. The van der Waals surface area contributed by atoms with Crippen LogP contribution in [0.25, 0.3) is 0 Å². The number of ether oxygens (including phenoxy) is 1. The summed E-state index contributed by atoms with van der Waals surface area (Å²) < 4.78 is 6.01. The monoisotopic (exact) mass is 715 g/mol. The number of rotatable bonds is 8. The highest BCUT2D eigenvalue weighted by atomic mass is 16.6. The molecule has 0 saturated carbocycles. The summed E-state index contributed by atoms with van der Waals surface area (Å²) in [6, 6.07) is 13.5. The van der Waals surface area contributed by atoms with Crippen LogP contribution in [0, 0.1) is 11.8 Å². The van der Waals surface area contributed by atoms with Gasteiger partial charge in [-0.25, -0.2) is 4.79 Å². The SMILES string of the molecule is CC[C@@H](C)[C@@H]1NC(=O)[C@@H]2CCCN2C(=O)[C@H]([C@H](C)CC)OC(=O)[C@@H]2CCCN2C(=O)[C@@H](Cc2ccccc2)NC(=O)[C@@H](Cc2ccccc2)NC1=O. The zero-order valence-electron chi connectivity index (χ0n) is 30.7. The maximum Gasteiger partial charge on any atom is 0.329 e. The molecule has 0 spiro atoms. The number of fused-ring (bicyclic) bond motifs is 2. The molecule has 0 bridgehead atoms. The largest absolute Gasteiger partial charge is 0.450 e. The van der Waals surface area contributed by atoms with E-state index < -0.39 is 71.8 Å². The summed E-state index contributed by atoms with van der Waals surface area (Å²) in [5.41, 5.74) is 1.59. The zero-order valence-corrected chi connectivity index (χ0v) is 30.7. The lowest BCUT2D eigenvalue weighted by atomic mass is 9.96. The third kappa shape index (κ3) is 9.00. The summed E-state index contributed by atoms with van der Waals surface area (Å²) >= 11 is 0. The fraction of sp³-hybridized carbons (Fsp3) is 0.550. The number of nitrogens with zero attached hydrogens (tertiary/aromatic N) is 2. The predicted octanol–water partition coefficient (Wildman–Crippen LogP) is 2.93. The van der Waals surface area contributed by atoms with Crippen LogP contribution in [0.3, 0.4) is 0 Å². The molecule has 3 aliphatic heterocycles. The number of esters is 1. The van der Waals surface area contributed by atoms with Gasteiger partial charge >= 0.3 is 5.97 Å². The number of hydrogen-bond donors (Lipinski definition) is 3. The highest BCUT2D eigenvalue weighted by Crippen LogP contribution is 2.27. The first-order chi connectivity index (χ1) is 25.0. The van der Waals surface area contributed by atoms with Crippen molar-refractivity contribution in [2.24, 2.45) is 11.8 Å². The topological polar surface area (TPSA) is 154 Å². The second-order valence-electron chi connectivity index (χ2n) is 14.5. The lowest BCUT2D eigenvalue weighted by Gasteiger charge is -2.34. The van der Waals surface area contributed by atoms with Crippen molar-refractivity contribution in [3.8, 4) is 0 Å². The van der Waals surface area contributed by atoms with Gasteiger partial charge < -0.3 is 30.5 Å². The van der Waals surface area contributed by atoms with Gasteiger partial charge in [0.2, 0.25) is 23.6 Å². The molecule has 2 aromatic carbocycles. The molecular formula is C40H53N5O7. The smallest absolute Gasteiger partial charge is 0.329 e. The molecular weight excluding hydrogens is 662 g/mol. The number of hydrogen-bond acceptors (Lipinski definition) is 7. The minimum absolute atomic E-state index is 0.131. The predicted molar refractivity (Wildman–Crippen MR) is 194 cm³/mol. The third-order valence-electron chi connectivity index (χ3n) is 10.9. The summed E-state index contributed by atoms with van der Waals surface area (Å²) in [5, 5.41) is 8.76. The van der Waals surface area contributed by atoms with E-state index in [1.807, 2.05) is 88.4 Å². The maximum absolute atomic E-state index is 14.4. The molecule has 3 N–H and O–H groups in total. The van der Waals surface area contributed by atoms with Crippen LogP contribution in [0.4, 0.5) is 0 Å². The van der Waals surface area contributed by atoms with Crippen molar-refractivity contribution in [1.29, 1.82) is 0 Å². The van der Waals surface area contributed by atoms with Crippen molar-refractivity contribution in [3.05, 3.63) is 71.8 Å². The van der Waals surface area contributed by atoms with Gasteiger partial charge in [0.1, 0.15) is 30.2 Å². The Balaban J connectivity index is 1.56. The van der Waals surface area contributed by atoms with Crippen molar-refractivity contribution >= 4 is 35.5 Å². The van der Waals surface area contributed by atoms with Crippen molar-refractivity contribution in [1.82, 2.24) is 25.8 Å². The second-order valence-corrected chi connectivity index (χ2v) is 14.5. The molecule has 0 aliphatic carbocycles. The quantitative estimate of drug-likeness (QED) is 0.356. The average Bonchev–Trinajstić information content (AvgIpc) is 3.86. The normalized spacial score (nSPS) is 27.7. The molecule has 3 heterocycles. The van der Waals surface area contributed by atoms with Crippen LogP contribution in [-0.4, -0.2) is 94.7 Å². The Morgan fingerprint density at radius 2 is 1.15 bits per heavy atom. The van der Waals surface area contributed by atoms with E-state index >= 15 is 0 Å². The third-order valence-corrected chi connectivity index (χ3v) is 10.9. The van der Waals surface area contributed by atoms with E-state index in [0.717, 1.165) is 11.1 Å². The molecule has 2 aromatic rings. The van der Waals surface area contributed by atoms with Gasteiger partial charge in [0, 0.05) is 31.8 Å². The van der Waals surface area contributed by atoms with Crippen LogP contribution >= 0.6 is 0 Å². The lowest BCUT2D eigenvalue weighted by molar-refractivity contribution is -0.169. The van der Waals surface area contributed by atoms with E-state index in [9.17, 15) is 28.8 Å². The number of cyclic esters (lactones) is 1. The van der Waals surface area contributed by atoms with Crippen molar-refractivity contribution < 1.29 is 33.5 Å². The minimum Gasteiger partial charge on any atom is -0.450 e. The van der Waals surface area contributed by atoms with Gasteiger partial charge in [0.15, 0.2) is 6.10 Å². The second kappa shape index (κ2) is 17.7. The fourth-order valence-electron chi connectivity index (χ4n) is 7.36. The van der Waals surface area contributed by atoms with Gasteiger partial charge in [0.05, 0.1) is 0 Å². The Morgan fingerprint density at radius 3 is 1.73 bits per heavy atom. The molecule has 3 aliphatic rings. The molecule has 0 unspecified atom stereocenters. The van der Waals surface area contributed by atoms with E-state index in [-0.39, 0.29) is 31.2 Å². The molecule has 3 saturated heterocycles. The first-order valence-electron chi connectivity index (χ1n) is 18.8. The molecule has 0 radical (unpaired) electrons. The maximum atomic E-state index is 14.4. The average molecular weight is 716 g/mol. The van der Waals surface area contributed by atoms with E-state index in [4.69, 9.17) is 4.74 Å². The summed E-state index contributed by atoms with van der Waals surface area (Å²) in [6.45, 7) is 8.05. The van der Waals surface area contributed by atoms with Crippen molar-refractivity contribution in [3.63, 3.8) is 0 Å². The van der Waals surface area contributed by atoms with Crippen LogP contribution in [0.1, 0.15) is 77.3 Å². The van der Waals surface area contributed by atoms with Gasteiger partial charge in [-0.15, -0.1) is 0 Å². The van der Waals surface area contributed by atoms with E-state index in [2.05, 4.69) is 16.0 Å². The number of nitrogens with one attached hydrogen (secondary N) is 3. The van der Waals surface area contributed by atoms with Crippen LogP contribution < -0.4 is 16.0 Å². The molecule has 3 fully saturated rings. The molecule has 12 nitrogen and oxygen atoms in total. The molecule has 0 aromatic heterocycles. The molecule has 280 valence electrons. The van der Waals surface area contributed by atoms with Crippen LogP contribution in [0.15, 0.2) is 60.7 Å². The first-order valence-corrected chi connectivity index (χ1v) is 18.8. The Hall–Kier alpha value is -4.74. The van der Waals surface area contributed by atoms with Crippen molar-refractivity contribution in [2.45, 2.75) is 115 Å². The summed E-state index contributed by atoms with van der Waals surface area (Å²) in [7, 11) is 0. The Kier molecular flexibility index (Phi) is 13.1. The lowest BCUT2D eigenvalue weighted by Crippen LogP contribution is -2.61. The van der Waals surface area contributed by atoms with Crippen molar-refractivity contribution in [2.75, 3.05) is 13.1 Å². The van der Waals surface area contributed by atoms with E-state index in [0.29, 0.717) is 45.1 Å². The van der Waals surface area contributed by atoms with Gasteiger partial charge in [0.25, 0.3) is 5.91 Å². The fourth-order valence-corrected chi connectivity index (χ4v) is 7.36. The van der Waals surface area contributed by atoms with Crippen LogP contribution in [-0.2, 0) is 46.3 Å². The molecule has 52 heavy (non-hydrogen) atoms. The molecule has 12 heteroatoms. The highest BCUT2D eigenvalue weighted by Gasteiger charge is 2.45. The summed E-state index contributed by atoms with van der Waals surface area (Å²) in [4.78, 5) is 87.8. The van der Waals surface area contributed by atoms with Crippen LogP contribution in [0.5, 0.6) is 0 Å². The first kappa shape index (κ1) is 38.5. The van der Waals surface area contributed by atoms with Gasteiger partial charge in [-0.2, -0.15) is 0 Å². The van der Waals surface area contributed by atoms with E-state index in [1.165, 1.54) is 9.80 Å². The number of carbonyl (C=O) groups is 6. The number of carbonyl (C=O) groups excluding carboxylic acids is 6. The van der Waals surface area contributed by atoms with Gasteiger partial charge in [-0.3, -0.25) is 24.0 Å². The molecule has 5 rings (SSSR count). The van der Waals surface area contributed by atoms with Crippen LogP contribution in [0.2, 0.25) is 0 Å². The van der Waals surface area contributed by atoms with E-state index in [1.54, 1.807) is 0 Å². The molecule has 8 atom stereocenters. The Morgan fingerprint density at radius 1 is 0.635 bits per heavy atom. The Labute approximate surface area is 306 Å². The summed E-state index contributed by atoms with van der Waals surface area (Å²) in [5.74, 6) is -3.83. The molecule has 5 amide bonds. The number of amides is 5. The summed E-state index contributed by atoms with van der Waals surface area (Å²) in [6.07, 6.45) is 2.05. The zero-order chi connectivity index (χ0) is 37.4. The number of benzene rings is 2. The Bertz CT molecular complexity index is 1590.